The molecule has 0 N–H and O–H groups in total. The van der Waals surface area contributed by atoms with Crippen molar-refractivity contribution in [2.45, 2.75) is 26.8 Å². The van der Waals surface area contributed by atoms with Crippen molar-refractivity contribution in [3.8, 4) is 0 Å². The van der Waals surface area contributed by atoms with Crippen LogP contribution >= 0.6 is 0 Å². The average Bonchev–Trinajstić information content (AvgIpc) is 2.48. The smallest absolute Gasteiger partial charge is 0.277 e. The van der Waals surface area contributed by atoms with E-state index in [1.807, 2.05) is 19.9 Å². The minimum absolute atomic E-state index is 0.0249. The monoisotopic (exact) mass is 274 g/mol. The van der Waals surface area contributed by atoms with Crippen LogP contribution in [-0.4, -0.2) is 38.9 Å². The Balaban J connectivity index is 2.17. The first-order valence-corrected chi connectivity index (χ1v) is 6.77. The van der Waals surface area contributed by atoms with Crippen LogP contribution in [0.25, 0.3) is 10.9 Å². The minimum Gasteiger partial charge on any atom is -0.343 e. The molecule has 2 rings (SSSR count). The van der Waals surface area contributed by atoms with Crippen molar-refractivity contribution < 1.29 is 4.79 Å². The van der Waals surface area contributed by atoms with Gasteiger partial charge in [0.25, 0.3) is 5.56 Å². The summed E-state index contributed by atoms with van der Waals surface area (Å²) in [4.78, 5) is 25.8. The van der Waals surface area contributed by atoms with Gasteiger partial charge in [0.1, 0.15) is 5.52 Å². The van der Waals surface area contributed by atoms with Gasteiger partial charge in [0.2, 0.25) is 5.91 Å². The molecule has 0 spiro atoms. The zero-order valence-corrected chi connectivity index (χ0v) is 11.7. The van der Waals surface area contributed by atoms with Crippen molar-refractivity contribution in [3.05, 3.63) is 34.6 Å². The summed E-state index contributed by atoms with van der Waals surface area (Å²) in [7, 11) is 0. The van der Waals surface area contributed by atoms with Gasteiger partial charge in [-0.2, -0.15) is 0 Å². The Morgan fingerprint density at radius 3 is 2.65 bits per heavy atom. The van der Waals surface area contributed by atoms with Crippen LogP contribution < -0.4 is 5.56 Å². The van der Waals surface area contributed by atoms with E-state index >= 15 is 0 Å². The standard InChI is InChI=1S/C14H18N4O2/c1-3-17(4-2)13(19)9-10-18-14(20)11-7-5-6-8-12(11)15-16-18/h5-8H,3-4,9-10H2,1-2H3. The van der Waals surface area contributed by atoms with Gasteiger partial charge in [0, 0.05) is 19.5 Å². The van der Waals surface area contributed by atoms with Gasteiger partial charge >= 0.3 is 0 Å². The third-order valence-electron chi connectivity index (χ3n) is 3.28. The molecule has 2 aromatic rings. The van der Waals surface area contributed by atoms with Crippen LogP contribution in [0.1, 0.15) is 20.3 Å². The molecule has 1 aromatic carbocycles. The highest BCUT2D eigenvalue weighted by Gasteiger charge is 2.11. The highest BCUT2D eigenvalue weighted by molar-refractivity contribution is 5.77. The van der Waals surface area contributed by atoms with E-state index in [1.54, 1.807) is 23.1 Å². The SMILES string of the molecule is CCN(CC)C(=O)CCn1nnc2ccccc2c1=O. The zero-order valence-electron chi connectivity index (χ0n) is 11.7. The van der Waals surface area contributed by atoms with Crippen LogP contribution in [-0.2, 0) is 11.3 Å². The van der Waals surface area contributed by atoms with Crippen molar-refractivity contribution in [2.75, 3.05) is 13.1 Å². The van der Waals surface area contributed by atoms with Crippen LogP contribution in [0.3, 0.4) is 0 Å². The van der Waals surface area contributed by atoms with E-state index in [0.717, 1.165) is 0 Å². The van der Waals surface area contributed by atoms with E-state index in [4.69, 9.17) is 0 Å². The Hall–Kier alpha value is -2.24. The number of nitrogens with zero attached hydrogens (tertiary/aromatic N) is 4. The summed E-state index contributed by atoms with van der Waals surface area (Å²) < 4.78 is 1.25. The maximum Gasteiger partial charge on any atom is 0.277 e. The lowest BCUT2D eigenvalue weighted by Crippen LogP contribution is -2.33. The molecule has 0 fully saturated rings. The first-order chi connectivity index (χ1) is 9.67. The summed E-state index contributed by atoms with van der Waals surface area (Å²) in [5.74, 6) is 0.0249. The molecule has 0 radical (unpaired) electrons. The van der Waals surface area contributed by atoms with Crippen molar-refractivity contribution in [2.24, 2.45) is 0 Å². The largest absolute Gasteiger partial charge is 0.343 e. The number of aryl methyl sites for hydroxylation is 1. The third-order valence-corrected chi connectivity index (χ3v) is 3.28. The van der Waals surface area contributed by atoms with E-state index in [2.05, 4.69) is 10.3 Å². The lowest BCUT2D eigenvalue weighted by Gasteiger charge is -2.18. The molecule has 106 valence electrons. The third kappa shape index (κ3) is 2.84. The molecule has 0 aliphatic carbocycles. The molecule has 6 nitrogen and oxygen atoms in total. The molecule has 1 heterocycles. The van der Waals surface area contributed by atoms with E-state index in [-0.39, 0.29) is 24.4 Å². The molecule has 0 atom stereocenters. The van der Waals surface area contributed by atoms with Gasteiger partial charge < -0.3 is 4.90 Å². The summed E-state index contributed by atoms with van der Waals surface area (Å²) in [5, 5.41) is 8.39. The topological polar surface area (TPSA) is 68.1 Å². The summed E-state index contributed by atoms with van der Waals surface area (Å²) >= 11 is 0. The quantitative estimate of drug-likeness (QED) is 0.817. The number of fused-ring (bicyclic) bond motifs is 1. The van der Waals surface area contributed by atoms with Crippen molar-refractivity contribution in [1.29, 1.82) is 0 Å². The first kappa shape index (κ1) is 14.2. The number of hydrogen-bond acceptors (Lipinski definition) is 4. The number of hydrogen-bond donors (Lipinski definition) is 0. The van der Waals surface area contributed by atoms with Crippen molar-refractivity contribution >= 4 is 16.8 Å². The average molecular weight is 274 g/mol. The van der Waals surface area contributed by atoms with Gasteiger partial charge in [0.05, 0.1) is 11.9 Å². The Bertz CT molecular complexity index is 662. The molecule has 0 saturated carbocycles. The number of amides is 1. The van der Waals surface area contributed by atoms with Crippen LogP contribution in [0.5, 0.6) is 0 Å². The number of benzene rings is 1. The molecule has 0 aliphatic heterocycles. The van der Waals surface area contributed by atoms with Crippen molar-refractivity contribution in [3.63, 3.8) is 0 Å². The van der Waals surface area contributed by atoms with Gasteiger partial charge in [-0.05, 0) is 26.0 Å². The molecular weight excluding hydrogens is 256 g/mol. The van der Waals surface area contributed by atoms with E-state index in [0.29, 0.717) is 24.0 Å². The van der Waals surface area contributed by atoms with Crippen LogP contribution in [0, 0.1) is 0 Å². The van der Waals surface area contributed by atoms with Gasteiger partial charge in [-0.3, -0.25) is 9.59 Å². The maximum absolute atomic E-state index is 12.2. The van der Waals surface area contributed by atoms with Gasteiger partial charge in [-0.15, -0.1) is 5.10 Å². The molecule has 20 heavy (non-hydrogen) atoms. The lowest BCUT2D eigenvalue weighted by molar-refractivity contribution is -0.131. The van der Waals surface area contributed by atoms with E-state index in [9.17, 15) is 9.59 Å². The Morgan fingerprint density at radius 1 is 1.25 bits per heavy atom. The van der Waals surface area contributed by atoms with Crippen LogP contribution in [0.15, 0.2) is 29.1 Å². The normalized spacial score (nSPS) is 10.7. The Labute approximate surface area is 117 Å². The molecule has 0 bridgehead atoms. The highest BCUT2D eigenvalue weighted by atomic mass is 16.2. The number of rotatable bonds is 5. The van der Waals surface area contributed by atoms with Crippen LogP contribution in [0.2, 0.25) is 0 Å². The molecule has 1 amide bonds. The minimum atomic E-state index is -0.206. The molecule has 1 aromatic heterocycles. The number of carbonyl (C=O) groups excluding carboxylic acids is 1. The first-order valence-electron chi connectivity index (χ1n) is 6.77. The Kier molecular flexibility index (Phi) is 4.45. The molecular formula is C14H18N4O2. The fourth-order valence-corrected chi connectivity index (χ4v) is 2.11. The lowest BCUT2D eigenvalue weighted by atomic mass is 10.2. The summed E-state index contributed by atoms with van der Waals surface area (Å²) in [6.45, 7) is 5.47. The van der Waals surface area contributed by atoms with Gasteiger partial charge in [0.15, 0.2) is 0 Å². The fraction of sp³-hybridized carbons (Fsp3) is 0.429. The maximum atomic E-state index is 12.2. The fourth-order valence-electron chi connectivity index (χ4n) is 2.11. The zero-order chi connectivity index (χ0) is 14.5. The van der Waals surface area contributed by atoms with E-state index < -0.39 is 0 Å². The van der Waals surface area contributed by atoms with E-state index in [1.165, 1.54) is 4.68 Å². The predicted octanol–water partition coefficient (Wildman–Crippen LogP) is 1.05. The second-order valence-corrected chi connectivity index (χ2v) is 4.45. The number of aromatic nitrogens is 3. The summed E-state index contributed by atoms with van der Waals surface area (Å²) in [6, 6.07) is 7.06. The molecule has 0 aliphatic rings. The molecule has 0 unspecified atom stereocenters. The Morgan fingerprint density at radius 2 is 1.95 bits per heavy atom. The van der Waals surface area contributed by atoms with Crippen molar-refractivity contribution in [1.82, 2.24) is 19.9 Å². The van der Waals surface area contributed by atoms with Crippen LogP contribution in [0.4, 0.5) is 0 Å². The highest BCUT2D eigenvalue weighted by Crippen LogP contribution is 2.03. The molecule has 0 saturated heterocycles. The molecule has 6 heteroatoms. The van der Waals surface area contributed by atoms with Gasteiger partial charge in [-0.1, -0.05) is 17.3 Å². The number of carbonyl (C=O) groups is 1. The summed E-state index contributed by atoms with van der Waals surface area (Å²) in [6.07, 6.45) is 0.259. The second kappa shape index (κ2) is 6.27. The summed E-state index contributed by atoms with van der Waals surface area (Å²) in [5.41, 5.74) is 0.367. The predicted molar refractivity (Wildman–Crippen MR) is 76.3 cm³/mol. The van der Waals surface area contributed by atoms with Gasteiger partial charge in [-0.25, -0.2) is 4.68 Å². The second-order valence-electron chi connectivity index (χ2n) is 4.45.